The first-order valence-corrected chi connectivity index (χ1v) is 9.16. The lowest BCUT2D eigenvalue weighted by atomic mass is 10.1. The molecule has 0 amide bonds. The standard InChI is InChI=1S/C21H21N5O3/c1-13-11-19(27)26-21(22-13)24-20(25-26)23-14(2)15-5-4-6-18(12-15)29-17-9-7-16(28-3)8-10-17/h4-12,14H,1-3H3,(H2,22,23,24,25)/t14-/m1/s1. The Morgan fingerprint density at radius 3 is 2.55 bits per heavy atom. The Kier molecular flexibility index (Phi) is 4.90. The molecule has 0 bridgehead atoms. The second kappa shape index (κ2) is 7.67. The average molecular weight is 391 g/mol. The van der Waals surface area contributed by atoms with Crippen LogP contribution >= 0.6 is 0 Å². The minimum Gasteiger partial charge on any atom is -0.497 e. The Bertz CT molecular complexity index is 1200. The Morgan fingerprint density at radius 1 is 1.03 bits per heavy atom. The molecule has 4 aromatic rings. The molecule has 2 aromatic carbocycles. The molecule has 29 heavy (non-hydrogen) atoms. The van der Waals surface area contributed by atoms with Crippen LogP contribution < -0.4 is 20.3 Å². The lowest BCUT2D eigenvalue weighted by molar-refractivity contribution is 0.413. The smallest absolute Gasteiger partial charge is 0.274 e. The van der Waals surface area contributed by atoms with Gasteiger partial charge in [-0.25, -0.2) is 4.98 Å². The summed E-state index contributed by atoms with van der Waals surface area (Å²) in [6.07, 6.45) is 0. The first-order chi connectivity index (χ1) is 14.0. The van der Waals surface area contributed by atoms with Gasteiger partial charge in [0.1, 0.15) is 17.2 Å². The SMILES string of the molecule is COc1ccc(Oc2cccc([C@@H](C)Nc3nc4nc(C)cc(=O)n4[nH]3)c2)cc1. The first-order valence-electron chi connectivity index (χ1n) is 9.16. The third-order valence-corrected chi connectivity index (χ3v) is 4.47. The highest BCUT2D eigenvalue weighted by Gasteiger charge is 2.11. The molecular formula is C21H21N5O3. The molecule has 0 aliphatic rings. The van der Waals surface area contributed by atoms with E-state index in [2.05, 4.69) is 20.4 Å². The van der Waals surface area contributed by atoms with Gasteiger partial charge in [0, 0.05) is 11.8 Å². The van der Waals surface area contributed by atoms with Gasteiger partial charge in [0.05, 0.1) is 13.2 Å². The fraction of sp³-hybridized carbons (Fsp3) is 0.190. The molecule has 2 heterocycles. The number of anilines is 1. The van der Waals surface area contributed by atoms with Gasteiger partial charge in [0.15, 0.2) is 0 Å². The summed E-state index contributed by atoms with van der Waals surface area (Å²) < 4.78 is 12.4. The van der Waals surface area contributed by atoms with Crippen LogP contribution in [0.5, 0.6) is 17.2 Å². The van der Waals surface area contributed by atoms with Crippen LogP contribution in [0.25, 0.3) is 5.78 Å². The van der Waals surface area contributed by atoms with Gasteiger partial charge in [-0.05, 0) is 55.8 Å². The van der Waals surface area contributed by atoms with E-state index in [4.69, 9.17) is 9.47 Å². The van der Waals surface area contributed by atoms with Crippen molar-refractivity contribution in [2.45, 2.75) is 19.9 Å². The van der Waals surface area contributed by atoms with Gasteiger partial charge < -0.3 is 14.8 Å². The van der Waals surface area contributed by atoms with E-state index in [-0.39, 0.29) is 11.6 Å². The fourth-order valence-electron chi connectivity index (χ4n) is 2.97. The molecule has 148 valence electrons. The number of nitrogens with one attached hydrogen (secondary N) is 2. The molecule has 0 fully saturated rings. The van der Waals surface area contributed by atoms with Crippen molar-refractivity contribution >= 4 is 11.7 Å². The zero-order valence-corrected chi connectivity index (χ0v) is 16.3. The van der Waals surface area contributed by atoms with Gasteiger partial charge in [0.25, 0.3) is 11.3 Å². The van der Waals surface area contributed by atoms with Crippen LogP contribution in [0.3, 0.4) is 0 Å². The number of aromatic amines is 1. The molecule has 2 N–H and O–H groups in total. The molecule has 2 aromatic heterocycles. The molecule has 0 radical (unpaired) electrons. The van der Waals surface area contributed by atoms with Crippen molar-refractivity contribution in [2.24, 2.45) is 0 Å². The first kappa shape index (κ1) is 18.5. The number of aryl methyl sites for hydroxylation is 1. The molecule has 0 saturated heterocycles. The minimum atomic E-state index is -0.199. The molecule has 0 spiro atoms. The van der Waals surface area contributed by atoms with Crippen molar-refractivity contribution in [3.8, 4) is 17.2 Å². The average Bonchev–Trinajstić information content (AvgIpc) is 3.11. The van der Waals surface area contributed by atoms with Crippen molar-refractivity contribution in [1.29, 1.82) is 0 Å². The quantitative estimate of drug-likeness (QED) is 0.521. The number of hydrogen-bond acceptors (Lipinski definition) is 6. The second-order valence-corrected chi connectivity index (χ2v) is 6.66. The molecule has 0 saturated carbocycles. The van der Waals surface area contributed by atoms with Crippen LogP contribution in [-0.4, -0.2) is 26.7 Å². The van der Waals surface area contributed by atoms with E-state index < -0.39 is 0 Å². The highest BCUT2D eigenvalue weighted by Crippen LogP contribution is 2.27. The zero-order chi connectivity index (χ0) is 20.4. The Hall–Kier alpha value is -3.81. The summed E-state index contributed by atoms with van der Waals surface area (Å²) in [5.74, 6) is 3.02. The Balaban J connectivity index is 1.51. The van der Waals surface area contributed by atoms with Gasteiger partial charge in [-0.3, -0.25) is 9.89 Å². The molecule has 0 aliphatic heterocycles. The van der Waals surface area contributed by atoms with Crippen LogP contribution in [0, 0.1) is 6.92 Å². The van der Waals surface area contributed by atoms with Crippen LogP contribution in [0.4, 0.5) is 5.95 Å². The molecule has 8 nitrogen and oxygen atoms in total. The highest BCUT2D eigenvalue weighted by molar-refractivity contribution is 5.42. The van der Waals surface area contributed by atoms with E-state index in [0.29, 0.717) is 17.4 Å². The van der Waals surface area contributed by atoms with Crippen LogP contribution in [-0.2, 0) is 0 Å². The maximum Gasteiger partial charge on any atom is 0.274 e. The molecular weight excluding hydrogens is 370 g/mol. The number of H-pyrrole nitrogens is 1. The van der Waals surface area contributed by atoms with E-state index in [9.17, 15) is 4.79 Å². The predicted octanol–water partition coefficient (Wildman–Crippen LogP) is 3.70. The largest absolute Gasteiger partial charge is 0.497 e. The summed E-state index contributed by atoms with van der Waals surface area (Å²) in [6.45, 7) is 3.77. The number of rotatable bonds is 6. The van der Waals surface area contributed by atoms with Crippen molar-refractivity contribution in [3.63, 3.8) is 0 Å². The molecule has 4 rings (SSSR count). The van der Waals surface area contributed by atoms with E-state index >= 15 is 0 Å². The van der Waals surface area contributed by atoms with Gasteiger partial charge in [-0.15, -0.1) is 0 Å². The Morgan fingerprint density at radius 2 is 1.79 bits per heavy atom. The van der Waals surface area contributed by atoms with Crippen molar-refractivity contribution in [2.75, 3.05) is 12.4 Å². The molecule has 1 atom stereocenters. The number of hydrogen-bond donors (Lipinski definition) is 2. The third kappa shape index (κ3) is 4.06. The minimum absolute atomic E-state index is 0.0771. The number of methoxy groups -OCH3 is 1. The van der Waals surface area contributed by atoms with Gasteiger partial charge in [0.2, 0.25) is 5.95 Å². The number of aromatic nitrogens is 4. The maximum atomic E-state index is 12.0. The van der Waals surface area contributed by atoms with Crippen LogP contribution in [0.2, 0.25) is 0 Å². The van der Waals surface area contributed by atoms with Crippen molar-refractivity contribution in [3.05, 3.63) is 76.2 Å². The molecule has 0 aliphatic carbocycles. The highest BCUT2D eigenvalue weighted by atomic mass is 16.5. The predicted molar refractivity (Wildman–Crippen MR) is 110 cm³/mol. The van der Waals surface area contributed by atoms with E-state index in [1.54, 1.807) is 14.0 Å². The lowest BCUT2D eigenvalue weighted by Gasteiger charge is -2.14. The number of nitrogens with zero attached hydrogens (tertiary/aromatic N) is 3. The monoisotopic (exact) mass is 391 g/mol. The van der Waals surface area contributed by atoms with Crippen molar-refractivity contribution in [1.82, 2.24) is 19.6 Å². The Labute approximate surface area is 167 Å². The number of ether oxygens (including phenoxy) is 2. The summed E-state index contributed by atoms with van der Waals surface area (Å²) in [5.41, 5.74) is 1.44. The van der Waals surface area contributed by atoms with E-state index in [1.807, 2.05) is 55.5 Å². The van der Waals surface area contributed by atoms with Crippen LogP contribution in [0.1, 0.15) is 24.2 Å². The van der Waals surface area contributed by atoms with Gasteiger partial charge in [-0.1, -0.05) is 12.1 Å². The third-order valence-electron chi connectivity index (χ3n) is 4.47. The zero-order valence-electron chi connectivity index (χ0n) is 16.3. The van der Waals surface area contributed by atoms with Crippen molar-refractivity contribution < 1.29 is 9.47 Å². The maximum absolute atomic E-state index is 12.0. The topological polar surface area (TPSA) is 93.5 Å². The number of fused-ring (bicyclic) bond motifs is 1. The normalized spacial score (nSPS) is 12.0. The second-order valence-electron chi connectivity index (χ2n) is 6.66. The summed E-state index contributed by atoms with van der Waals surface area (Å²) in [7, 11) is 1.63. The van der Waals surface area contributed by atoms with Gasteiger partial charge >= 0.3 is 0 Å². The number of benzene rings is 2. The molecule has 8 heteroatoms. The summed E-state index contributed by atoms with van der Waals surface area (Å²) in [6, 6.07) is 16.6. The van der Waals surface area contributed by atoms with Crippen LogP contribution in [0.15, 0.2) is 59.4 Å². The summed E-state index contributed by atoms with van der Waals surface area (Å²) in [5, 5.41) is 6.20. The molecule has 0 unspecified atom stereocenters. The summed E-state index contributed by atoms with van der Waals surface area (Å²) in [4.78, 5) is 20.6. The fourth-order valence-corrected chi connectivity index (χ4v) is 2.97. The summed E-state index contributed by atoms with van der Waals surface area (Å²) >= 11 is 0. The van der Waals surface area contributed by atoms with E-state index in [1.165, 1.54) is 10.6 Å². The van der Waals surface area contributed by atoms with Gasteiger partial charge in [-0.2, -0.15) is 9.50 Å². The lowest BCUT2D eigenvalue weighted by Crippen LogP contribution is -2.15. The van der Waals surface area contributed by atoms with E-state index in [0.717, 1.165) is 22.8 Å².